The quantitative estimate of drug-likeness (QED) is 0.372. The molecular weight excluding hydrogens is 163 g/mol. The van der Waals surface area contributed by atoms with Gasteiger partial charge in [0.25, 0.3) is 0 Å². The SMILES string of the molecule is O=CCC(S)C(O)SF. The number of thiol groups is 1. The third-order valence-corrected chi connectivity index (χ3v) is 1.96. The third kappa shape index (κ3) is 3.77. The minimum atomic E-state index is -1.20. The van der Waals surface area contributed by atoms with E-state index in [0.717, 1.165) is 0 Å². The third-order valence-electron chi connectivity index (χ3n) is 0.758. The van der Waals surface area contributed by atoms with E-state index in [9.17, 15) is 8.68 Å². The zero-order valence-electron chi connectivity index (χ0n) is 4.53. The molecule has 0 aromatic heterocycles. The van der Waals surface area contributed by atoms with Gasteiger partial charge in [-0.2, -0.15) is 16.5 Å². The molecule has 0 bridgehead atoms. The zero-order valence-corrected chi connectivity index (χ0v) is 6.24. The maximum Gasteiger partial charge on any atom is 0.142 e. The molecule has 9 heavy (non-hydrogen) atoms. The van der Waals surface area contributed by atoms with Gasteiger partial charge in [-0.3, -0.25) is 0 Å². The number of aldehydes is 1. The molecule has 0 aromatic carbocycles. The highest BCUT2D eigenvalue weighted by atomic mass is 32.2. The van der Waals surface area contributed by atoms with Gasteiger partial charge in [-0.15, -0.1) is 0 Å². The van der Waals surface area contributed by atoms with Gasteiger partial charge in [0.2, 0.25) is 0 Å². The van der Waals surface area contributed by atoms with Crippen LogP contribution >= 0.6 is 24.8 Å². The second-order valence-corrected chi connectivity index (χ2v) is 2.77. The standard InChI is InChI=1S/C4H7FO2S2/c5-9-4(7)3(8)1-2-6/h2-4,7-8H,1H2. The molecule has 0 heterocycles. The largest absolute Gasteiger partial charge is 0.379 e. The molecule has 1 N–H and O–H groups in total. The summed E-state index contributed by atoms with van der Waals surface area (Å²) in [6, 6.07) is 0. The van der Waals surface area contributed by atoms with Crippen molar-refractivity contribution < 1.29 is 13.8 Å². The van der Waals surface area contributed by atoms with Crippen molar-refractivity contribution in [2.24, 2.45) is 0 Å². The van der Waals surface area contributed by atoms with E-state index in [1.807, 2.05) is 0 Å². The Kier molecular flexibility index (Phi) is 5.22. The summed E-state index contributed by atoms with van der Waals surface area (Å²) in [7, 11) is 0. The number of aliphatic hydroxyl groups excluding tert-OH is 1. The van der Waals surface area contributed by atoms with Crippen LogP contribution in [0.3, 0.4) is 0 Å². The molecule has 0 fully saturated rings. The van der Waals surface area contributed by atoms with Crippen molar-refractivity contribution in [2.75, 3.05) is 0 Å². The van der Waals surface area contributed by atoms with E-state index >= 15 is 0 Å². The lowest BCUT2D eigenvalue weighted by atomic mass is 10.3. The predicted molar refractivity (Wildman–Crippen MR) is 38.2 cm³/mol. The molecule has 2 nitrogen and oxygen atoms in total. The normalized spacial score (nSPS) is 16.8. The lowest BCUT2D eigenvalue weighted by Gasteiger charge is -2.08. The molecular formula is C4H7FO2S2. The first-order valence-electron chi connectivity index (χ1n) is 2.29. The van der Waals surface area contributed by atoms with E-state index in [4.69, 9.17) is 5.11 Å². The van der Waals surface area contributed by atoms with E-state index in [1.165, 1.54) is 0 Å². The Labute approximate surface area is 62.5 Å². The van der Waals surface area contributed by atoms with Gasteiger partial charge in [0.05, 0.1) is 12.1 Å². The van der Waals surface area contributed by atoms with Crippen molar-refractivity contribution in [1.29, 1.82) is 0 Å². The molecule has 2 unspecified atom stereocenters. The summed E-state index contributed by atoms with van der Waals surface area (Å²) in [6.45, 7) is 0. The zero-order chi connectivity index (χ0) is 7.28. The van der Waals surface area contributed by atoms with E-state index in [0.29, 0.717) is 6.29 Å². The highest BCUT2D eigenvalue weighted by molar-refractivity contribution is 7.95. The summed E-state index contributed by atoms with van der Waals surface area (Å²) in [5.41, 5.74) is -1.20. The Morgan fingerprint density at radius 2 is 2.44 bits per heavy atom. The topological polar surface area (TPSA) is 37.3 Å². The Hall–Kier alpha value is 0.260. The average molecular weight is 170 g/mol. The summed E-state index contributed by atoms with van der Waals surface area (Å²) in [5.74, 6) is 0. The molecule has 0 aromatic rings. The van der Waals surface area contributed by atoms with Crippen molar-refractivity contribution in [3.8, 4) is 0 Å². The Balaban J connectivity index is 3.44. The number of carbonyl (C=O) groups excluding carboxylic acids is 1. The first kappa shape index (κ1) is 9.26. The van der Waals surface area contributed by atoms with Gasteiger partial charge in [0.15, 0.2) is 0 Å². The number of carbonyl (C=O) groups is 1. The van der Waals surface area contributed by atoms with Gasteiger partial charge in [-0.25, -0.2) is 0 Å². The minimum absolute atomic E-state index is 0.0706. The number of hydrogen-bond acceptors (Lipinski definition) is 4. The summed E-state index contributed by atoms with van der Waals surface area (Å²) in [4.78, 5) is 9.74. The van der Waals surface area contributed by atoms with Gasteiger partial charge in [0.1, 0.15) is 11.7 Å². The van der Waals surface area contributed by atoms with Crippen LogP contribution in [0, 0.1) is 0 Å². The van der Waals surface area contributed by atoms with Crippen LogP contribution in [0.5, 0.6) is 0 Å². The number of rotatable bonds is 4. The molecule has 54 valence electrons. The van der Waals surface area contributed by atoms with Crippen molar-refractivity contribution in [2.45, 2.75) is 17.1 Å². The van der Waals surface area contributed by atoms with Gasteiger partial charge >= 0.3 is 0 Å². The fourth-order valence-electron chi connectivity index (χ4n) is 0.274. The predicted octanol–water partition coefficient (Wildman–Crippen LogP) is 0.810. The number of hydrogen-bond donors (Lipinski definition) is 2. The minimum Gasteiger partial charge on any atom is -0.379 e. The Morgan fingerprint density at radius 1 is 1.89 bits per heavy atom. The summed E-state index contributed by atoms with van der Waals surface area (Å²) in [5, 5.41) is 8.01. The van der Waals surface area contributed by atoms with Crippen molar-refractivity contribution in [3.05, 3.63) is 0 Å². The molecule has 0 saturated heterocycles. The van der Waals surface area contributed by atoms with Crippen LogP contribution in [-0.2, 0) is 4.79 Å². The fraction of sp³-hybridized carbons (Fsp3) is 0.750. The highest BCUT2D eigenvalue weighted by Crippen LogP contribution is 2.18. The van der Waals surface area contributed by atoms with E-state index in [2.05, 4.69) is 12.6 Å². The molecule has 0 amide bonds. The molecule has 0 aliphatic heterocycles. The monoisotopic (exact) mass is 170 g/mol. The van der Waals surface area contributed by atoms with Crippen LogP contribution in [0.15, 0.2) is 0 Å². The van der Waals surface area contributed by atoms with E-state index < -0.39 is 10.7 Å². The smallest absolute Gasteiger partial charge is 0.142 e. The maximum atomic E-state index is 11.5. The van der Waals surface area contributed by atoms with Crippen LogP contribution in [0.4, 0.5) is 3.89 Å². The molecule has 0 aliphatic rings. The van der Waals surface area contributed by atoms with Gasteiger partial charge in [0, 0.05) is 11.7 Å². The molecule has 0 aliphatic carbocycles. The van der Waals surface area contributed by atoms with Crippen molar-refractivity contribution >= 4 is 31.1 Å². The number of halogens is 1. The maximum absolute atomic E-state index is 11.5. The van der Waals surface area contributed by atoms with Crippen LogP contribution in [0.2, 0.25) is 0 Å². The first-order chi connectivity index (χ1) is 4.22. The summed E-state index contributed by atoms with van der Waals surface area (Å²) >= 11 is 3.54. The van der Waals surface area contributed by atoms with Gasteiger partial charge in [-0.1, -0.05) is 0 Å². The van der Waals surface area contributed by atoms with Crippen LogP contribution < -0.4 is 0 Å². The second-order valence-electron chi connectivity index (χ2n) is 1.45. The van der Waals surface area contributed by atoms with Crippen molar-refractivity contribution in [1.82, 2.24) is 0 Å². The molecule has 0 radical (unpaired) electrons. The lowest BCUT2D eigenvalue weighted by Crippen LogP contribution is -2.15. The van der Waals surface area contributed by atoms with Crippen molar-refractivity contribution in [3.63, 3.8) is 0 Å². The second kappa shape index (κ2) is 5.08. The van der Waals surface area contributed by atoms with E-state index in [1.54, 1.807) is 0 Å². The van der Waals surface area contributed by atoms with Gasteiger partial charge < -0.3 is 9.90 Å². The summed E-state index contributed by atoms with van der Waals surface area (Å²) in [6.07, 6.45) is 0.665. The first-order valence-corrected chi connectivity index (χ1v) is 3.59. The van der Waals surface area contributed by atoms with Gasteiger partial charge in [-0.05, 0) is 0 Å². The summed E-state index contributed by atoms with van der Waals surface area (Å²) < 4.78 is 11.5. The Morgan fingerprint density at radius 3 is 2.78 bits per heavy atom. The highest BCUT2D eigenvalue weighted by Gasteiger charge is 2.14. The van der Waals surface area contributed by atoms with Crippen LogP contribution in [0.25, 0.3) is 0 Å². The molecule has 0 rings (SSSR count). The van der Waals surface area contributed by atoms with Crippen LogP contribution in [0.1, 0.15) is 6.42 Å². The number of aliphatic hydroxyl groups is 1. The molecule has 2 atom stereocenters. The molecule has 0 saturated carbocycles. The van der Waals surface area contributed by atoms with Crippen LogP contribution in [-0.4, -0.2) is 22.1 Å². The fourth-order valence-corrected chi connectivity index (χ4v) is 0.728. The lowest BCUT2D eigenvalue weighted by molar-refractivity contribution is -0.108. The molecule has 0 spiro atoms. The van der Waals surface area contributed by atoms with E-state index in [-0.39, 0.29) is 18.6 Å². The molecule has 5 heteroatoms. The average Bonchev–Trinajstić information content (AvgIpc) is 1.87. The Bertz CT molecular complexity index is 90.6.